The molecule has 0 unspecified atom stereocenters. The number of nitrogens with one attached hydrogen (secondary N) is 1. The highest BCUT2D eigenvalue weighted by atomic mass is 35.5. The summed E-state index contributed by atoms with van der Waals surface area (Å²) in [5, 5.41) is 12.4. The van der Waals surface area contributed by atoms with Crippen molar-refractivity contribution in [3.8, 4) is 6.07 Å². The third-order valence-corrected chi connectivity index (χ3v) is 4.48. The summed E-state index contributed by atoms with van der Waals surface area (Å²) in [5.41, 5.74) is 0.363. The lowest BCUT2D eigenvalue weighted by atomic mass is 9.95. The first kappa shape index (κ1) is 18.6. The first-order valence-electron chi connectivity index (χ1n) is 6.49. The van der Waals surface area contributed by atoms with Crippen LogP contribution in [0.1, 0.15) is 11.5 Å². The lowest BCUT2D eigenvalue weighted by Crippen LogP contribution is -2.28. The molecular weight excluding hydrogens is 394 g/mol. The third-order valence-electron chi connectivity index (χ3n) is 3.08. The second-order valence-corrected chi connectivity index (χ2v) is 6.27. The number of hydrogen-bond acceptors (Lipinski definition) is 3. The molecule has 0 saturated heterocycles. The van der Waals surface area contributed by atoms with Gasteiger partial charge in [-0.1, -0.05) is 52.5 Å². The van der Waals surface area contributed by atoms with Gasteiger partial charge in [0.15, 0.2) is 0 Å². The van der Waals surface area contributed by atoms with E-state index in [4.69, 9.17) is 46.4 Å². The van der Waals surface area contributed by atoms with Crippen LogP contribution in [0.5, 0.6) is 0 Å². The number of Topliss-reactive ketones (excluding diaryl/α,β-unsaturated/α-hetero) is 1. The van der Waals surface area contributed by atoms with Crippen LogP contribution in [-0.2, 0) is 9.59 Å². The standard InChI is InChI=1S/C16H8Cl4N2O2/c17-10-5-4-8(6-13(10)20)22-16(24)15(23)9(7-21)14-11(18)2-1-3-12(14)19/h1-6,9H,(H,22,24)/t9-/m0/s1. The quantitative estimate of drug-likeness (QED) is 0.723. The Bertz CT molecular complexity index is 841. The molecule has 0 fully saturated rings. The normalized spacial score (nSPS) is 11.5. The molecule has 0 aliphatic carbocycles. The Morgan fingerprint density at radius 2 is 1.58 bits per heavy atom. The van der Waals surface area contributed by atoms with E-state index in [1.54, 1.807) is 12.1 Å². The average Bonchev–Trinajstić information content (AvgIpc) is 2.54. The molecule has 0 saturated carbocycles. The number of nitriles is 1. The first-order chi connectivity index (χ1) is 11.3. The van der Waals surface area contributed by atoms with Crippen molar-refractivity contribution in [2.24, 2.45) is 0 Å². The summed E-state index contributed by atoms with van der Waals surface area (Å²) >= 11 is 23.6. The Hall–Kier alpha value is -1.77. The summed E-state index contributed by atoms with van der Waals surface area (Å²) in [6.07, 6.45) is 0. The SMILES string of the molecule is N#C[C@H](C(=O)C(=O)Nc1ccc(Cl)c(Cl)c1)c1c(Cl)cccc1Cl. The summed E-state index contributed by atoms with van der Waals surface area (Å²) in [5.74, 6) is -3.40. The number of amides is 1. The predicted octanol–water partition coefficient (Wildman–Crippen LogP) is 5.12. The van der Waals surface area contributed by atoms with Crippen LogP contribution in [0.2, 0.25) is 20.1 Å². The number of carbonyl (C=O) groups is 2. The number of carbonyl (C=O) groups excluding carboxylic acids is 2. The summed E-state index contributed by atoms with van der Waals surface area (Å²) < 4.78 is 0. The van der Waals surface area contributed by atoms with Gasteiger partial charge in [0.2, 0.25) is 5.78 Å². The van der Waals surface area contributed by atoms with Crippen LogP contribution in [0, 0.1) is 11.3 Å². The van der Waals surface area contributed by atoms with Gasteiger partial charge >= 0.3 is 0 Å². The molecule has 0 heterocycles. The highest BCUT2D eigenvalue weighted by Gasteiger charge is 2.30. The van der Waals surface area contributed by atoms with E-state index in [0.717, 1.165) is 0 Å². The molecule has 2 rings (SSSR count). The van der Waals surface area contributed by atoms with Crippen LogP contribution in [0.3, 0.4) is 0 Å². The van der Waals surface area contributed by atoms with Crippen molar-refractivity contribution in [1.29, 1.82) is 5.26 Å². The highest BCUT2D eigenvalue weighted by Crippen LogP contribution is 2.32. The third kappa shape index (κ3) is 4.00. The largest absolute Gasteiger partial charge is 0.319 e. The number of benzene rings is 2. The lowest BCUT2D eigenvalue weighted by Gasteiger charge is -2.12. The van der Waals surface area contributed by atoms with E-state index in [9.17, 15) is 14.9 Å². The van der Waals surface area contributed by atoms with E-state index in [-0.39, 0.29) is 26.3 Å². The summed E-state index contributed by atoms with van der Waals surface area (Å²) in [7, 11) is 0. The van der Waals surface area contributed by atoms with Crippen LogP contribution in [0.4, 0.5) is 5.69 Å². The smallest absolute Gasteiger partial charge is 0.293 e. The molecule has 24 heavy (non-hydrogen) atoms. The van der Waals surface area contributed by atoms with Crippen molar-refractivity contribution in [3.63, 3.8) is 0 Å². The highest BCUT2D eigenvalue weighted by molar-refractivity contribution is 6.45. The van der Waals surface area contributed by atoms with Gasteiger partial charge in [0.05, 0.1) is 16.1 Å². The summed E-state index contributed by atoms with van der Waals surface area (Å²) in [6, 6.07) is 10.6. The Morgan fingerprint density at radius 1 is 0.958 bits per heavy atom. The Labute approximate surface area is 157 Å². The van der Waals surface area contributed by atoms with E-state index in [1.165, 1.54) is 30.3 Å². The molecule has 122 valence electrons. The van der Waals surface area contributed by atoms with Gasteiger partial charge in [-0.25, -0.2) is 0 Å². The van der Waals surface area contributed by atoms with Gasteiger partial charge in [0, 0.05) is 21.3 Å². The molecule has 1 atom stereocenters. The van der Waals surface area contributed by atoms with Crippen LogP contribution in [0.15, 0.2) is 36.4 Å². The van der Waals surface area contributed by atoms with E-state index < -0.39 is 17.6 Å². The molecule has 0 aromatic heterocycles. The Kier molecular flexibility index (Phi) is 6.09. The molecule has 0 spiro atoms. The molecule has 0 bridgehead atoms. The molecule has 0 aliphatic rings. The molecule has 0 aliphatic heterocycles. The van der Waals surface area contributed by atoms with Crippen molar-refractivity contribution < 1.29 is 9.59 Å². The minimum atomic E-state index is -1.42. The summed E-state index contributed by atoms with van der Waals surface area (Å²) in [6.45, 7) is 0. The Morgan fingerprint density at radius 3 is 2.12 bits per heavy atom. The molecule has 1 amide bonds. The number of ketones is 1. The van der Waals surface area contributed by atoms with E-state index >= 15 is 0 Å². The second-order valence-electron chi connectivity index (χ2n) is 4.64. The maximum atomic E-state index is 12.3. The van der Waals surface area contributed by atoms with Crippen molar-refractivity contribution in [1.82, 2.24) is 0 Å². The summed E-state index contributed by atoms with van der Waals surface area (Å²) in [4.78, 5) is 24.5. The minimum Gasteiger partial charge on any atom is -0.319 e. The molecule has 1 N–H and O–H groups in total. The lowest BCUT2D eigenvalue weighted by molar-refractivity contribution is -0.135. The molecule has 8 heteroatoms. The fourth-order valence-electron chi connectivity index (χ4n) is 1.94. The number of halogens is 4. The van der Waals surface area contributed by atoms with Gasteiger partial charge < -0.3 is 5.32 Å². The number of rotatable bonds is 4. The Balaban J connectivity index is 2.27. The van der Waals surface area contributed by atoms with Crippen molar-refractivity contribution in [3.05, 3.63) is 62.1 Å². The van der Waals surface area contributed by atoms with Gasteiger partial charge in [0.25, 0.3) is 5.91 Å². The van der Waals surface area contributed by atoms with Crippen LogP contribution in [0.25, 0.3) is 0 Å². The van der Waals surface area contributed by atoms with Gasteiger partial charge in [-0.2, -0.15) is 5.26 Å². The zero-order chi connectivity index (χ0) is 17.9. The maximum Gasteiger partial charge on any atom is 0.293 e. The zero-order valence-corrected chi connectivity index (χ0v) is 14.8. The van der Waals surface area contributed by atoms with E-state index in [0.29, 0.717) is 5.02 Å². The fraction of sp³-hybridized carbons (Fsp3) is 0.0625. The van der Waals surface area contributed by atoms with Crippen molar-refractivity contribution >= 4 is 63.8 Å². The zero-order valence-electron chi connectivity index (χ0n) is 11.8. The predicted molar refractivity (Wildman–Crippen MR) is 94.9 cm³/mol. The topological polar surface area (TPSA) is 70.0 Å². The second kappa shape index (κ2) is 7.87. The molecule has 2 aromatic rings. The number of anilines is 1. The van der Waals surface area contributed by atoms with E-state index in [2.05, 4.69) is 5.32 Å². The van der Waals surface area contributed by atoms with Crippen LogP contribution < -0.4 is 5.32 Å². The van der Waals surface area contributed by atoms with Gasteiger partial charge in [-0.3, -0.25) is 9.59 Å². The van der Waals surface area contributed by atoms with Gasteiger partial charge in [0.1, 0.15) is 5.92 Å². The fourth-order valence-corrected chi connectivity index (χ4v) is 2.85. The maximum absolute atomic E-state index is 12.3. The molecule has 2 aromatic carbocycles. The first-order valence-corrected chi connectivity index (χ1v) is 8.00. The van der Waals surface area contributed by atoms with Crippen LogP contribution in [-0.4, -0.2) is 11.7 Å². The van der Waals surface area contributed by atoms with Crippen LogP contribution >= 0.6 is 46.4 Å². The minimum absolute atomic E-state index is 0.0950. The van der Waals surface area contributed by atoms with E-state index in [1.807, 2.05) is 0 Å². The van der Waals surface area contributed by atoms with Crippen molar-refractivity contribution in [2.45, 2.75) is 5.92 Å². The van der Waals surface area contributed by atoms with Gasteiger partial charge in [-0.05, 0) is 30.3 Å². The number of nitrogens with zero attached hydrogens (tertiary/aromatic N) is 1. The number of hydrogen-bond donors (Lipinski definition) is 1. The van der Waals surface area contributed by atoms with Gasteiger partial charge in [-0.15, -0.1) is 0 Å². The average molecular weight is 402 g/mol. The monoisotopic (exact) mass is 400 g/mol. The molecular formula is C16H8Cl4N2O2. The van der Waals surface area contributed by atoms with Crippen molar-refractivity contribution in [2.75, 3.05) is 5.32 Å². The molecule has 4 nitrogen and oxygen atoms in total. The molecule has 0 radical (unpaired) electrons.